The average Bonchev–Trinajstić information content (AvgIpc) is 2.45. The van der Waals surface area contributed by atoms with Crippen LogP contribution in [0.1, 0.15) is 19.8 Å². The summed E-state index contributed by atoms with van der Waals surface area (Å²) in [6, 6.07) is 6.98. The topological polar surface area (TPSA) is 93.8 Å². The number of nitrogens with one attached hydrogen (secondary N) is 1. The predicted molar refractivity (Wildman–Crippen MR) is 81.1 cm³/mol. The second-order valence-corrected chi connectivity index (χ2v) is 5.18. The van der Waals surface area contributed by atoms with Crippen LogP contribution in [0.3, 0.4) is 0 Å². The van der Waals surface area contributed by atoms with Crippen molar-refractivity contribution in [2.24, 2.45) is 0 Å². The number of carbonyl (C=O) groups excluding carboxylic acids is 1. The van der Waals surface area contributed by atoms with Crippen molar-refractivity contribution < 1.29 is 19.4 Å². The number of rotatable bonds is 9. The molecule has 1 aromatic carbocycles. The highest BCUT2D eigenvalue weighted by Gasteiger charge is 2.20. The zero-order valence-corrected chi connectivity index (χ0v) is 12.6. The number of carbonyl (C=O) groups is 1. The van der Waals surface area contributed by atoms with Crippen LogP contribution in [0.2, 0.25) is 0 Å². The average molecular weight is 296 g/mol. The summed E-state index contributed by atoms with van der Waals surface area (Å²) in [6.07, 6.45) is 0.691. The molecule has 1 rings (SSSR count). The largest absolute Gasteiger partial charge is 0.493 e. The van der Waals surface area contributed by atoms with Crippen LogP contribution in [0.25, 0.3) is 0 Å². The first-order valence-corrected chi connectivity index (χ1v) is 6.89. The van der Waals surface area contributed by atoms with Gasteiger partial charge in [-0.05, 0) is 31.2 Å². The summed E-state index contributed by atoms with van der Waals surface area (Å²) in [5.41, 5.74) is 5.26. The Labute approximate surface area is 125 Å². The third-order valence-electron chi connectivity index (χ3n) is 2.99. The van der Waals surface area contributed by atoms with Gasteiger partial charge in [0.05, 0.1) is 18.6 Å². The Morgan fingerprint density at radius 1 is 1.33 bits per heavy atom. The van der Waals surface area contributed by atoms with Crippen molar-refractivity contribution in [1.29, 1.82) is 0 Å². The van der Waals surface area contributed by atoms with Crippen molar-refractivity contribution in [2.75, 3.05) is 32.6 Å². The van der Waals surface area contributed by atoms with E-state index in [1.807, 2.05) is 0 Å². The Bertz CT molecular complexity index is 432. The molecule has 6 heteroatoms. The monoisotopic (exact) mass is 296 g/mol. The van der Waals surface area contributed by atoms with Gasteiger partial charge in [-0.25, -0.2) is 0 Å². The number of benzene rings is 1. The van der Waals surface area contributed by atoms with Gasteiger partial charge in [-0.3, -0.25) is 4.79 Å². The van der Waals surface area contributed by atoms with Gasteiger partial charge in [-0.15, -0.1) is 0 Å². The van der Waals surface area contributed by atoms with E-state index in [-0.39, 0.29) is 25.5 Å². The fraction of sp³-hybridized carbons (Fsp3) is 0.533. The maximum Gasteiger partial charge on any atom is 0.223 e. The normalized spacial score (nSPS) is 13.5. The van der Waals surface area contributed by atoms with Crippen molar-refractivity contribution in [3.8, 4) is 5.75 Å². The maximum absolute atomic E-state index is 11.7. The van der Waals surface area contributed by atoms with Gasteiger partial charge in [0.2, 0.25) is 5.91 Å². The van der Waals surface area contributed by atoms with Crippen LogP contribution in [-0.4, -0.2) is 43.5 Å². The summed E-state index contributed by atoms with van der Waals surface area (Å²) in [5.74, 6) is 0.507. The Hall–Kier alpha value is -1.79. The zero-order chi connectivity index (χ0) is 15.7. The lowest BCUT2D eigenvalue weighted by Gasteiger charge is -2.23. The van der Waals surface area contributed by atoms with E-state index >= 15 is 0 Å². The van der Waals surface area contributed by atoms with Crippen LogP contribution in [0, 0.1) is 0 Å². The minimum atomic E-state index is -0.969. The molecule has 0 fully saturated rings. The molecular weight excluding hydrogens is 272 g/mol. The Balaban J connectivity index is 2.20. The van der Waals surface area contributed by atoms with E-state index in [1.54, 1.807) is 38.3 Å². The molecule has 0 spiro atoms. The third-order valence-corrected chi connectivity index (χ3v) is 2.99. The number of hydrogen-bond donors (Lipinski definition) is 3. The first-order chi connectivity index (χ1) is 9.93. The lowest BCUT2D eigenvalue weighted by atomic mass is 10.0. The van der Waals surface area contributed by atoms with E-state index in [0.717, 1.165) is 0 Å². The fourth-order valence-corrected chi connectivity index (χ4v) is 1.61. The van der Waals surface area contributed by atoms with Gasteiger partial charge < -0.3 is 25.6 Å². The number of nitrogen functional groups attached to an aromatic ring is 1. The van der Waals surface area contributed by atoms with Crippen molar-refractivity contribution in [2.45, 2.75) is 25.4 Å². The van der Waals surface area contributed by atoms with Crippen molar-refractivity contribution >= 4 is 11.6 Å². The second kappa shape index (κ2) is 8.49. The number of anilines is 1. The second-order valence-electron chi connectivity index (χ2n) is 5.18. The molecule has 1 aromatic rings. The Kier molecular flexibility index (Phi) is 6.98. The molecule has 0 saturated heterocycles. The summed E-state index contributed by atoms with van der Waals surface area (Å²) < 4.78 is 10.3. The molecule has 0 heterocycles. The molecule has 1 atom stereocenters. The van der Waals surface area contributed by atoms with Crippen LogP contribution in [-0.2, 0) is 9.53 Å². The molecule has 0 aliphatic heterocycles. The highest BCUT2D eigenvalue weighted by atomic mass is 16.5. The third kappa shape index (κ3) is 7.53. The van der Waals surface area contributed by atoms with E-state index in [1.165, 1.54) is 0 Å². The van der Waals surface area contributed by atoms with E-state index in [4.69, 9.17) is 15.2 Å². The summed E-state index contributed by atoms with van der Waals surface area (Å²) in [6.45, 7) is 2.58. The summed E-state index contributed by atoms with van der Waals surface area (Å²) in [4.78, 5) is 11.7. The smallest absolute Gasteiger partial charge is 0.223 e. The fourth-order valence-electron chi connectivity index (χ4n) is 1.61. The Morgan fingerprint density at radius 3 is 2.62 bits per heavy atom. The molecule has 0 aliphatic carbocycles. The van der Waals surface area contributed by atoms with Crippen LogP contribution >= 0.6 is 0 Å². The van der Waals surface area contributed by atoms with Crippen LogP contribution in [0.5, 0.6) is 5.75 Å². The minimum absolute atomic E-state index is 0.164. The molecule has 6 nitrogen and oxygen atoms in total. The summed E-state index contributed by atoms with van der Waals surface area (Å²) >= 11 is 0. The lowest BCUT2D eigenvalue weighted by Crippen LogP contribution is -2.41. The number of amides is 1. The van der Waals surface area contributed by atoms with Crippen molar-refractivity contribution in [3.05, 3.63) is 24.3 Å². The van der Waals surface area contributed by atoms with Gasteiger partial charge in [-0.2, -0.15) is 0 Å². The van der Waals surface area contributed by atoms with Gasteiger partial charge >= 0.3 is 0 Å². The molecule has 0 radical (unpaired) electrons. The summed E-state index contributed by atoms with van der Waals surface area (Å²) in [5, 5.41) is 12.7. The summed E-state index contributed by atoms with van der Waals surface area (Å²) in [7, 11) is 1.57. The van der Waals surface area contributed by atoms with Crippen LogP contribution < -0.4 is 15.8 Å². The maximum atomic E-state index is 11.7. The molecule has 0 bridgehead atoms. The molecule has 21 heavy (non-hydrogen) atoms. The van der Waals surface area contributed by atoms with Gasteiger partial charge in [0.15, 0.2) is 0 Å². The van der Waals surface area contributed by atoms with E-state index in [0.29, 0.717) is 24.5 Å². The molecule has 4 N–H and O–H groups in total. The first kappa shape index (κ1) is 17.3. The molecule has 0 aliphatic rings. The van der Waals surface area contributed by atoms with Gasteiger partial charge in [-0.1, -0.05) is 0 Å². The SMILES string of the molecule is COCCC(C)(O)CNC(=O)CCOc1ccc(N)cc1. The number of hydrogen-bond acceptors (Lipinski definition) is 5. The molecule has 1 amide bonds. The molecule has 118 valence electrons. The number of nitrogens with two attached hydrogens (primary N) is 1. The highest BCUT2D eigenvalue weighted by molar-refractivity contribution is 5.76. The van der Waals surface area contributed by atoms with Crippen molar-refractivity contribution in [3.63, 3.8) is 0 Å². The van der Waals surface area contributed by atoms with Gasteiger partial charge in [0.25, 0.3) is 0 Å². The van der Waals surface area contributed by atoms with Crippen LogP contribution in [0.15, 0.2) is 24.3 Å². The van der Waals surface area contributed by atoms with E-state index < -0.39 is 5.60 Å². The first-order valence-electron chi connectivity index (χ1n) is 6.89. The molecule has 0 aromatic heterocycles. The van der Waals surface area contributed by atoms with Gasteiger partial charge in [0.1, 0.15) is 5.75 Å². The number of methoxy groups -OCH3 is 1. The molecule has 0 saturated carbocycles. The zero-order valence-electron chi connectivity index (χ0n) is 12.6. The predicted octanol–water partition coefficient (Wildman–Crippen LogP) is 0.941. The Morgan fingerprint density at radius 2 is 2.00 bits per heavy atom. The van der Waals surface area contributed by atoms with Crippen LogP contribution in [0.4, 0.5) is 5.69 Å². The van der Waals surface area contributed by atoms with Crippen molar-refractivity contribution in [1.82, 2.24) is 5.32 Å². The minimum Gasteiger partial charge on any atom is -0.493 e. The molecule has 1 unspecified atom stereocenters. The van der Waals surface area contributed by atoms with Gasteiger partial charge in [0, 0.05) is 32.4 Å². The quantitative estimate of drug-likeness (QED) is 0.590. The van der Waals surface area contributed by atoms with E-state index in [9.17, 15) is 9.90 Å². The standard InChI is InChI=1S/C15H24N2O4/c1-15(19,8-10-20-2)11-17-14(18)7-9-21-13-5-3-12(16)4-6-13/h3-6,19H,7-11,16H2,1-2H3,(H,17,18). The number of ether oxygens (including phenoxy) is 2. The number of aliphatic hydroxyl groups is 1. The molecular formula is C15H24N2O4. The lowest BCUT2D eigenvalue weighted by molar-refractivity contribution is -0.122. The highest BCUT2D eigenvalue weighted by Crippen LogP contribution is 2.13. The van der Waals surface area contributed by atoms with E-state index in [2.05, 4.69) is 5.32 Å².